The van der Waals surface area contributed by atoms with E-state index in [9.17, 15) is 5.26 Å². The molecule has 0 bridgehead atoms. The van der Waals surface area contributed by atoms with E-state index in [2.05, 4.69) is 11.1 Å². The van der Waals surface area contributed by atoms with Crippen LogP contribution in [0.3, 0.4) is 0 Å². The van der Waals surface area contributed by atoms with Crippen molar-refractivity contribution in [3.8, 4) is 28.8 Å². The van der Waals surface area contributed by atoms with Gasteiger partial charge in [-0.15, -0.1) is 0 Å². The maximum absolute atomic E-state index is 9.47. The fourth-order valence-corrected chi connectivity index (χ4v) is 2.47. The minimum atomic E-state index is 0.637. The molecule has 1 heterocycles. The summed E-state index contributed by atoms with van der Waals surface area (Å²) in [7, 11) is 3.19. The molecule has 0 aliphatic rings. The Morgan fingerprint density at radius 3 is 2.48 bits per heavy atom. The highest BCUT2D eigenvalue weighted by atomic mass is 16.5. The monoisotopic (exact) mass is 278 g/mol. The lowest BCUT2D eigenvalue weighted by Crippen LogP contribution is -1.91. The molecule has 3 aromatic rings. The number of methoxy groups -OCH3 is 2. The van der Waals surface area contributed by atoms with Gasteiger partial charge in [-0.25, -0.2) is 0 Å². The van der Waals surface area contributed by atoms with E-state index in [1.54, 1.807) is 14.2 Å². The van der Waals surface area contributed by atoms with Gasteiger partial charge in [0.05, 0.1) is 25.5 Å². The minimum Gasteiger partial charge on any atom is -0.493 e. The summed E-state index contributed by atoms with van der Waals surface area (Å²) in [6.45, 7) is 0. The summed E-state index contributed by atoms with van der Waals surface area (Å²) in [5.74, 6) is 1.30. The van der Waals surface area contributed by atoms with Crippen LogP contribution in [0.2, 0.25) is 0 Å². The van der Waals surface area contributed by atoms with Crippen LogP contribution in [0.25, 0.3) is 22.2 Å². The van der Waals surface area contributed by atoms with Crippen molar-refractivity contribution < 1.29 is 9.47 Å². The summed E-state index contributed by atoms with van der Waals surface area (Å²) < 4.78 is 10.6. The third-order valence-corrected chi connectivity index (χ3v) is 3.49. The van der Waals surface area contributed by atoms with Crippen LogP contribution in [0.1, 0.15) is 5.56 Å². The lowest BCUT2D eigenvalue weighted by Gasteiger charge is -2.09. The molecular formula is C17H14N2O2. The number of hydrogen-bond acceptors (Lipinski definition) is 3. The van der Waals surface area contributed by atoms with Crippen molar-refractivity contribution in [2.45, 2.75) is 0 Å². The van der Waals surface area contributed by atoms with E-state index in [-0.39, 0.29) is 0 Å². The van der Waals surface area contributed by atoms with Crippen LogP contribution < -0.4 is 9.47 Å². The molecule has 4 nitrogen and oxygen atoms in total. The van der Waals surface area contributed by atoms with Gasteiger partial charge in [0.15, 0.2) is 11.5 Å². The first-order valence-corrected chi connectivity index (χ1v) is 6.51. The zero-order chi connectivity index (χ0) is 14.8. The number of para-hydroxylation sites is 1. The number of nitriles is 1. The van der Waals surface area contributed by atoms with E-state index in [4.69, 9.17) is 9.47 Å². The highest BCUT2D eigenvalue weighted by Gasteiger charge is 2.14. The summed E-state index contributed by atoms with van der Waals surface area (Å²) in [6.07, 6.45) is 0. The first-order chi connectivity index (χ1) is 10.3. The van der Waals surface area contributed by atoms with Crippen LogP contribution in [0.5, 0.6) is 11.5 Å². The normalized spacial score (nSPS) is 10.3. The maximum Gasteiger partial charge on any atom is 0.161 e. The van der Waals surface area contributed by atoms with Crippen LogP contribution in [-0.4, -0.2) is 19.2 Å². The van der Waals surface area contributed by atoms with Gasteiger partial charge >= 0.3 is 0 Å². The standard InChI is InChI=1S/C17H14N2O2/c1-20-15-8-7-11(9-16(15)21-2)17-13(10-18)12-5-3-4-6-14(12)19-17/h3-9,19H,1-2H3. The van der Waals surface area contributed by atoms with Crippen LogP contribution in [0.4, 0.5) is 0 Å². The zero-order valence-electron chi connectivity index (χ0n) is 11.8. The van der Waals surface area contributed by atoms with Crippen LogP contribution in [0.15, 0.2) is 42.5 Å². The number of ether oxygens (including phenoxy) is 2. The Balaban J connectivity index is 2.23. The molecule has 0 aliphatic heterocycles. The van der Waals surface area contributed by atoms with Crippen molar-refractivity contribution in [1.29, 1.82) is 5.26 Å². The molecule has 21 heavy (non-hydrogen) atoms. The van der Waals surface area contributed by atoms with Crippen molar-refractivity contribution in [3.63, 3.8) is 0 Å². The highest BCUT2D eigenvalue weighted by molar-refractivity contribution is 5.93. The number of benzene rings is 2. The lowest BCUT2D eigenvalue weighted by molar-refractivity contribution is 0.355. The van der Waals surface area contributed by atoms with Gasteiger partial charge < -0.3 is 14.5 Å². The smallest absolute Gasteiger partial charge is 0.161 e. The Hall–Kier alpha value is -2.93. The third-order valence-electron chi connectivity index (χ3n) is 3.49. The molecule has 0 amide bonds. The Kier molecular flexibility index (Phi) is 3.25. The SMILES string of the molecule is COc1ccc(-c2[nH]c3ccccc3c2C#N)cc1OC. The van der Waals surface area contributed by atoms with Crippen molar-refractivity contribution >= 4 is 10.9 Å². The van der Waals surface area contributed by atoms with E-state index in [1.165, 1.54) is 0 Å². The number of fused-ring (bicyclic) bond motifs is 1. The van der Waals surface area contributed by atoms with E-state index < -0.39 is 0 Å². The molecule has 0 spiro atoms. The topological polar surface area (TPSA) is 58.0 Å². The van der Waals surface area contributed by atoms with E-state index in [0.717, 1.165) is 22.2 Å². The van der Waals surface area contributed by atoms with Gasteiger partial charge in [-0.3, -0.25) is 0 Å². The molecule has 0 saturated heterocycles. The molecule has 0 saturated carbocycles. The first-order valence-electron chi connectivity index (χ1n) is 6.51. The predicted octanol–water partition coefficient (Wildman–Crippen LogP) is 3.72. The highest BCUT2D eigenvalue weighted by Crippen LogP contribution is 2.35. The molecule has 0 aliphatic carbocycles. The van der Waals surface area contributed by atoms with Gasteiger partial charge in [0.2, 0.25) is 0 Å². The fraction of sp³-hybridized carbons (Fsp3) is 0.118. The Morgan fingerprint density at radius 1 is 1.00 bits per heavy atom. The minimum absolute atomic E-state index is 0.637. The number of rotatable bonds is 3. The third kappa shape index (κ3) is 2.09. The van der Waals surface area contributed by atoms with Crippen molar-refractivity contribution in [3.05, 3.63) is 48.0 Å². The molecule has 2 aromatic carbocycles. The number of H-pyrrole nitrogens is 1. The van der Waals surface area contributed by atoms with Gasteiger partial charge in [-0.1, -0.05) is 18.2 Å². The average Bonchev–Trinajstić information content (AvgIpc) is 2.92. The number of aromatic amines is 1. The second-order valence-corrected chi connectivity index (χ2v) is 4.60. The van der Waals surface area contributed by atoms with Crippen molar-refractivity contribution in [2.24, 2.45) is 0 Å². The maximum atomic E-state index is 9.47. The average molecular weight is 278 g/mol. The summed E-state index contributed by atoms with van der Waals surface area (Å²) in [4.78, 5) is 3.30. The van der Waals surface area contributed by atoms with Crippen molar-refractivity contribution in [1.82, 2.24) is 4.98 Å². The van der Waals surface area contributed by atoms with Crippen molar-refractivity contribution in [2.75, 3.05) is 14.2 Å². The summed E-state index contributed by atoms with van der Waals surface area (Å²) >= 11 is 0. The molecule has 104 valence electrons. The van der Waals surface area contributed by atoms with Crippen LogP contribution >= 0.6 is 0 Å². The second kappa shape index (κ2) is 5.22. The number of nitrogens with zero attached hydrogens (tertiary/aromatic N) is 1. The molecule has 3 rings (SSSR count). The zero-order valence-corrected chi connectivity index (χ0v) is 11.8. The van der Waals surface area contributed by atoms with Gasteiger partial charge in [0.1, 0.15) is 6.07 Å². The molecule has 0 atom stereocenters. The van der Waals surface area contributed by atoms with E-state index >= 15 is 0 Å². The summed E-state index contributed by atoms with van der Waals surface area (Å²) in [5, 5.41) is 10.4. The molecule has 0 fully saturated rings. The Labute approximate surface area is 122 Å². The first kappa shape index (κ1) is 13.1. The molecule has 0 radical (unpaired) electrons. The second-order valence-electron chi connectivity index (χ2n) is 4.60. The Morgan fingerprint density at radius 2 is 1.76 bits per heavy atom. The molecule has 1 aromatic heterocycles. The quantitative estimate of drug-likeness (QED) is 0.794. The molecule has 0 unspecified atom stereocenters. The van der Waals surface area contributed by atoms with E-state index in [0.29, 0.717) is 17.1 Å². The number of aromatic nitrogens is 1. The van der Waals surface area contributed by atoms with Gasteiger partial charge in [-0.2, -0.15) is 5.26 Å². The van der Waals surface area contributed by atoms with Crippen LogP contribution in [-0.2, 0) is 0 Å². The number of hydrogen-bond donors (Lipinski definition) is 1. The summed E-state index contributed by atoms with van der Waals surface area (Å²) in [6, 6.07) is 15.7. The lowest BCUT2D eigenvalue weighted by atomic mass is 10.1. The van der Waals surface area contributed by atoms with Gasteiger partial charge in [-0.05, 0) is 24.3 Å². The fourth-order valence-electron chi connectivity index (χ4n) is 2.47. The molecular weight excluding hydrogens is 264 g/mol. The predicted molar refractivity (Wildman–Crippen MR) is 81.6 cm³/mol. The summed E-state index contributed by atoms with van der Waals surface area (Å²) in [5.41, 5.74) is 3.26. The Bertz CT molecular complexity index is 844. The van der Waals surface area contributed by atoms with Gasteiger partial charge in [0.25, 0.3) is 0 Å². The van der Waals surface area contributed by atoms with Crippen LogP contribution in [0, 0.1) is 11.3 Å². The van der Waals surface area contributed by atoms with Gasteiger partial charge in [0, 0.05) is 16.5 Å². The molecule has 1 N–H and O–H groups in total. The number of nitrogens with one attached hydrogen (secondary N) is 1. The largest absolute Gasteiger partial charge is 0.493 e. The van der Waals surface area contributed by atoms with E-state index in [1.807, 2.05) is 42.5 Å². The molecule has 4 heteroatoms.